The second-order valence-corrected chi connectivity index (χ2v) is 9.12. The molecule has 1 aromatic heterocycles. The van der Waals surface area contributed by atoms with Gasteiger partial charge in [0.15, 0.2) is 0 Å². The SMILES string of the molecule is COC(=O)C[C@@H](CC(C)C)C(=O)N[C@@H](Cc1c[nH]c2ccccc12)C(=O)N1CCCCC1. The molecule has 1 aliphatic heterocycles. The van der Waals surface area contributed by atoms with E-state index in [4.69, 9.17) is 4.74 Å². The molecule has 2 aromatic rings. The number of esters is 1. The van der Waals surface area contributed by atoms with Gasteiger partial charge in [0.05, 0.1) is 13.5 Å². The van der Waals surface area contributed by atoms with Crippen LogP contribution in [0.4, 0.5) is 0 Å². The van der Waals surface area contributed by atoms with Gasteiger partial charge in [-0.1, -0.05) is 32.0 Å². The fourth-order valence-electron chi connectivity index (χ4n) is 4.48. The summed E-state index contributed by atoms with van der Waals surface area (Å²) in [6, 6.07) is 7.27. The van der Waals surface area contributed by atoms with Crippen LogP contribution in [0.15, 0.2) is 30.5 Å². The van der Waals surface area contributed by atoms with Gasteiger partial charge in [-0.3, -0.25) is 14.4 Å². The van der Waals surface area contributed by atoms with Crippen LogP contribution >= 0.6 is 0 Å². The number of nitrogens with one attached hydrogen (secondary N) is 2. The number of carbonyl (C=O) groups excluding carboxylic acids is 3. The number of aromatic amines is 1. The monoisotopic (exact) mass is 441 g/mol. The van der Waals surface area contributed by atoms with Crippen molar-refractivity contribution in [1.29, 1.82) is 0 Å². The molecule has 7 heteroatoms. The lowest BCUT2D eigenvalue weighted by molar-refractivity contribution is -0.145. The molecule has 32 heavy (non-hydrogen) atoms. The summed E-state index contributed by atoms with van der Waals surface area (Å²) in [6.45, 7) is 5.47. The highest BCUT2D eigenvalue weighted by Gasteiger charge is 2.31. The van der Waals surface area contributed by atoms with Crippen molar-refractivity contribution in [3.63, 3.8) is 0 Å². The van der Waals surface area contributed by atoms with Crippen molar-refractivity contribution in [2.24, 2.45) is 11.8 Å². The number of aromatic nitrogens is 1. The lowest BCUT2D eigenvalue weighted by Crippen LogP contribution is -2.52. The van der Waals surface area contributed by atoms with Gasteiger partial charge in [-0.25, -0.2) is 0 Å². The Morgan fingerprint density at radius 1 is 1.12 bits per heavy atom. The zero-order valence-electron chi connectivity index (χ0n) is 19.4. The van der Waals surface area contributed by atoms with Crippen LogP contribution < -0.4 is 5.32 Å². The fraction of sp³-hybridized carbons (Fsp3) is 0.560. The summed E-state index contributed by atoms with van der Waals surface area (Å²) in [6.07, 6.45) is 5.97. The molecule has 0 aliphatic carbocycles. The molecule has 2 N–H and O–H groups in total. The number of piperidine rings is 1. The zero-order chi connectivity index (χ0) is 23.1. The molecule has 2 heterocycles. The summed E-state index contributed by atoms with van der Waals surface area (Å²) < 4.78 is 4.80. The third-order valence-corrected chi connectivity index (χ3v) is 6.15. The number of fused-ring (bicyclic) bond motifs is 1. The number of likely N-dealkylation sites (tertiary alicyclic amines) is 1. The minimum absolute atomic E-state index is 0.0121. The van der Waals surface area contributed by atoms with Gasteiger partial charge >= 0.3 is 5.97 Å². The molecule has 0 unspecified atom stereocenters. The highest BCUT2D eigenvalue weighted by Crippen LogP contribution is 2.22. The van der Waals surface area contributed by atoms with E-state index in [1.807, 2.05) is 49.2 Å². The highest BCUT2D eigenvalue weighted by atomic mass is 16.5. The molecule has 2 atom stereocenters. The molecule has 0 spiro atoms. The van der Waals surface area contributed by atoms with Crippen LogP contribution in [-0.4, -0.2) is 53.9 Å². The first-order valence-electron chi connectivity index (χ1n) is 11.6. The van der Waals surface area contributed by atoms with Crippen molar-refractivity contribution in [2.75, 3.05) is 20.2 Å². The third-order valence-electron chi connectivity index (χ3n) is 6.15. The summed E-state index contributed by atoms with van der Waals surface area (Å²) in [7, 11) is 1.33. The van der Waals surface area contributed by atoms with Gasteiger partial charge in [0.25, 0.3) is 0 Å². The predicted octanol–water partition coefficient (Wildman–Crippen LogP) is 3.43. The minimum atomic E-state index is -0.674. The third kappa shape index (κ3) is 6.11. The highest BCUT2D eigenvalue weighted by molar-refractivity contribution is 5.91. The summed E-state index contributed by atoms with van der Waals surface area (Å²) in [5.74, 6) is -1.02. The molecule has 0 radical (unpaired) electrons. The lowest BCUT2D eigenvalue weighted by Gasteiger charge is -2.31. The maximum atomic E-state index is 13.4. The Balaban J connectivity index is 1.82. The van der Waals surface area contributed by atoms with Crippen LogP contribution in [0.3, 0.4) is 0 Å². The standard InChI is InChI=1S/C25H35N3O4/c1-17(2)13-18(15-23(29)32-3)24(30)27-22(25(31)28-11-7-4-8-12-28)14-19-16-26-21-10-6-5-9-20(19)21/h5-6,9-10,16-18,22,26H,4,7-8,11-15H2,1-3H3,(H,27,30)/t18-,22+/m1/s1. The van der Waals surface area contributed by atoms with Gasteiger partial charge in [0, 0.05) is 42.5 Å². The fourth-order valence-corrected chi connectivity index (χ4v) is 4.48. The summed E-state index contributed by atoms with van der Waals surface area (Å²) in [5, 5.41) is 4.05. The Labute approximate surface area is 189 Å². The van der Waals surface area contributed by atoms with E-state index in [0.29, 0.717) is 12.8 Å². The van der Waals surface area contributed by atoms with E-state index in [-0.39, 0.29) is 24.2 Å². The number of carbonyl (C=O) groups is 3. The number of amides is 2. The number of para-hydroxylation sites is 1. The zero-order valence-corrected chi connectivity index (χ0v) is 19.4. The second-order valence-electron chi connectivity index (χ2n) is 9.12. The van der Waals surface area contributed by atoms with Crippen molar-refractivity contribution in [3.05, 3.63) is 36.0 Å². The van der Waals surface area contributed by atoms with Crippen molar-refractivity contribution < 1.29 is 19.1 Å². The van der Waals surface area contributed by atoms with Crippen molar-refractivity contribution in [3.8, 4) is 0 Å². The number of rotatable bonds is 9. The van der Waals surface area contributed by atoms with Crippen LogP contribution in [0.25, 0.3) is 10.9 Å². The second kappa shape index (κ2) is 11.2. The van der Waals surface area contributed by atoms with Gasteiger partial charge < -0.3 is 19.9 Å². The number of nitrogens with zero attached hydrogens (tertiary/aromatic N) is 1. The van der Waals surface area contributed by atoms with E-state index < -0.39 is 17.9 Å². The molecular formula is C25H35N3O4. The summed E-state index contributed by atoms with van der Waals surface area (Å²) in [5.41, 5.74) is 1.99. The maximum absolute atomic E-state index is 13.4. The molecule has 0 saturated carbocycles. The Hall–Kier alpha value is -2.83. The molecular weight excluding hydrogens is 406 g/mol. The number of H-pyrrole nitrogens is 1. The molecule has 1 saturated heterocycles. The van der Waals surface area contributed by atoms with Crippen LogP contribution in [-0.2, 0) is 25.5 Å². The molecule has 1 aromatic carbocycles. The van der Waals surface area contributed by atoms with E-state index in [9.17, 15) is 14.4 Å². The van der Waals surface area contributed by atoms with Gasteiger partial charge in [-0.2, -0.15) is 0 Å². The smallest absolute Gasteiger partial charge is 0.306 e. The van der Waals surface area contributed by atoms with E-state index in [1.165, 1.54) is 7.11 Å². The molecule has 7 nitrogen and oxygen atoms in total. The van der Waals surface area contributed by atoms with Gasteiger partial charge in [0.1, 0.15) is 6.04 Å². The van der Waals surface area contributed by atoms with Crippen molar-refractivity contribution in [1.82, 2.24) is 15.2 Å². The largest absolute Gasteiger partial charge is 0.469 e. The Morgan fingerprint density at radius 2 is 1.84 bits per heavy atom. The first-order valence-corrected chi connectivity index (χ1v) is 11.6. The lowest BCUT2D eigenvalue weighted by atomic mass is 9.92. The first-order chi connectivity index (χ1) is 15.4. The Morgan fingerprint density at radius 3 is 2.53 bits per heavy atom. The molecule has 1 aliphatic rings. The van der Waals surface area contributed by atoms with E-state index in [0.717, 1.165) is 48.8 Å². The van der Waals surface area contributed by atoms with E-state index >= 15 is 0 Å². The maximum Gasteiger partial charge on any atom is 0.306 e. The minimum Gasteiger partial charge on any atom is -0.469 e. The quantitative estimate of drug-likeness (QED) is 0.583. The normalized spacial score (nSPS) is 16.1. The van der Waals surface area contributed by atoms with Crippen LogP contribution in [0.2, 0.25) is 0 Å². The average molecular weight is 442 g/mol. The molecule has 174 valence electrons. The Kier molecular flexibility index (Phi) is 8.31. The van der Waals surface area contributed by atoms with Gasteiger partial charge in [-0.05, 0) is 43.2 Å². The summed E-state index contributed by atoms with van der Waals surface area (Å²) in [4.78, 5) is 43.7. The average Bonchev–Trinajstić information content (AvgIpc) is 3.20. The van der Waals surface area contributed by atoms with Crippen molar-refractivity contribution >= 4 is 28.7 Å². The Bertz CT molecular complexity index is 930. The molecule has 3 rings (SSSR count). The first kappa shape index (κ1) is 23.8. The van der Waals surface area contributed by atoms with Crippen LogP contribution in [0.1, 0.15) is 51.5 Å². The molecule has 2 amide bonds. The van der Waals surface area contributed by atoms with Gasteiger partial charge in [0.2, 0.25) is 11.8 Å². The molecule has 1 fully saturated rings. The molecule has 0 bridgehead atoms. The number of ether oxygens (including phenoxy) is 1. The number of hydrogen-bond acceptors (Lipinski definition) is 4. The number of benzene rings is 1. The van der Waals surface area contributed by atoms with Crippen LogP contribution in [0, 0.1) is 11.8 Å². The predicted molar refractivity (Wildman–Crippen MR) is 124 cm³/mol. The van der Waals surface area contributed by atoms with Crippen LogP contribution in [0.5, 0.6) is 0 Å². The van der Waals surface area contributed by atoms with E-state index in [1.54, 1.807) is 0 Å². The number of hydrogen-bond donors (Lipinski definition) is 2. The summed E-state index contributed by atoms with van der Waals surface area (Å²) >= 11 is 0. The number of methoxy groups -OCH3 is 1. The van der Waals surface area contributed by atoms with Gasteiger partial charge in [-0.15, -0.1) is 0 Å². The van der Waals surface area contributed by atoms with E-state index in [2.05, 4.69) is 10.3 Å². The van der Waals surface area contributed by atoms with Crippen molar-refractivity contribution in [2.45, 2.75) is 58.4 Å². The topological polar surface area (TPSA) is 91.5 Å².